The minimum atomic E-state index is -0.0237. The van der Waals surface area contributed by atoms with Crippen LogP contribution in [-0.2, 0) is 39.1 Å². The third-order valence-corrected chi connectivity index (χ3v) is 7.89. The van der Waals surface area contributed by atoms with E-state index >= 15 is 0 Å². The summed E-state index contributed by atoms with van der Waals surface area (Å²) in [6.07, 6.45) is 3.45. The molecular formula is C35H38N2O3. The van der Waals surface area contributed by atoms with Crippen molar-refractivity contribution in [3.8, 4) is 0 Å². The zero-order chi connectivity index (χ0) is 27.7. The Morgan fingerprint density at radius 2 is 1.05 bits per heavy atom. The Kier molecular flexibility index (Phi) is 9.27. The number of nitrogens with zero attached hydrogens (tertiary/aromatic N) is 2. The third-order valence-electron chi connectivity index (χ3n) is 7.89. The highest BCUT2D eigenvalue weighted by Gasteiger charge is 2.39. The van der Waals surface area contributed by atoms with Gasteiger partial charge in [-0.25, -0.2) is 4.79 Å². The third kappa shape index (κ3) is 6.98. The van der Waals surface area contributed by atoms with E-state index in [0.29, 0.717) is 13.1 Å². The van der Waals surface area contributed by atoms with Crippen molar-refractivity contribution in [2.45, 2.75) is 64.1 Å². The van der Waals surface area contributed by atoms with E-state index in [-0.39, 0.29) is 31.3 Å². The van der Waals surface area contributed by atoms with Crippen molar-refractivity contribution in [2.75, 3.05) is 0 Å². The van der Waals surface area contributed by atoms with E-state index in [1.807, 2.05) is 70.5 Å². The highest BCUT2D eigenvalue weighted by molar-refractivity contribution is 5.76. The monoisotopic (exact) mass is 534 g/mol. The zero-order valence-electron chi connectivity index (χ0n) is 22.9. The molecule has 2 amide bonds. The molecule has 1 saturated heterocycles. The smallest absolute Gasteiger partial charge is 0.321 e. The van der Waals surface area contributed by atoms with Gasteiger partial charge in [-0.3, -0.25) is 0 Å². The summed E-state index contributed by atoms with van der Waals surface area (Å²) >= 11 is 0. The van der Waals surface area contributed by atoms with Gasteiger partial charge in [-0.05, 0) is 59.1 Å². The van der Waals surface area contributed by atoms with Crippen molar-refractivity contribution < 1.29 is 15.0 Å². The molecule has 2 unspecified atom stereocenters. The first-order valence-electron chi connectivity index (χ1n) is 14.2. The number of aryl methyl sites for hydroxylation is 1. The van der Waals surface area contributed by atoms with Crippen LogP contribution in [0.15, 0.2) is 109 Å². The second-order valence-electron chi connectivity index (χ2n) is 10.8. The molecule has 5 rings (SSSR count). The summed E-state index contributed by atoms with van der Waals surface area (Å²) in [5, 5.41) is 19.4. The number of urea groups is 1. The molecule has 1 fully saturated rings. The highest BCUT2D eigenvalue weighted by Crippen LogP contribution is 2.31. The molecule has 2 atom stereocenters. The summed E-state index contributed by atoms with van der Waals surface area (Å²) in [5.74, 6) is 0. The van der Waals surface area contributed by atoms with E-state index in [1.54, 1.807) is 0 Å². The lowest BCUT2D eigenvalue weighted by atomic mass is 9.90. The molecular weight excluding hydrogens is 496 g/mol. The predicted molar refractivity (Wildman–Crippen MR) is 158 cm³/mol. The number of amides is 2. The van der Waals surface area contributed by atoms with Gasteiger partial charge in [-0.15, -0.1) is 0 Å². The number of aliphatic hydroxyl groups excluding tert-OH is 2. The zero-order valence-corrected chi connectivity index (χ0v) is 22.9. The quantitative estimate of drug-likeness (QED) is 0.244. The number of carbonyl (C=O) groups excluding carboxylic acids is 1. The summed E-state index contributed by atoms with van der Waals surface area (Å²) < 4.78 is 0. The molecule has 0 spiro atoms. The number of hydrogen-bond acceptors (Lipinski definition) is 3. The Hall–Kier alpha value is -3.93. The molecule has 0 aromatic heterocycles. The lowest BCUT2D eigenvalue weighted by Gasteiger charge is -2.47. The van der Waals surface area contributed by atoms with Gasteiger partial charge in [-0.1, -0.05) is 109 Å². The fraction of sp³-hybridized carbons (Fsp3) is 0.286. The van der Waals surface area contributed by atoms with Gasteiger partial charge in [0.2, 0.25) is 0 Å². The highest BCUT2D eigenvalue weighted by atomic mass is 16.3. The van der Waals surface area contributed by atoms with Crippen LogP contribution in [0.4, 0.5) is 4.79 Å². The Labute approximate surface area is 237 Å². The largest absolute Gasteiger partial charge is 0.392 e. The Morgan fingerprint density at radius 3 is 1.60 bits per heavy atom. The molecule has 4 aromatic carbocycles. The van der Waals surface area contributed by atoms with E-state index < -0.39 is 0 Å². The van der Waals surface area contributed by atoms with Crippen LogP contribution in [0.25, 0.3) is 0 Å². The van der Waals surface area contributed by atoms with Gasteiger partial charge < -0.3 is 20.0 Å². The maximum Gasteiger partial charge on any atom is 0.321 e. The van der Waals surface area contributed by atoms with Crippen LogP contribution >= 0.6 is 0 Å². The number of rotatable bonds is 11. The molecule has 1 heterocycles. The number of hydrogen-bond donors (Lipinski definition) is 2. The van der Waals surface area contributed by atoms with E-state index in [2.05, 4.69) is 48.5 Å². The molecule has 0 aliphatic carbocycles. The van der Waals surface area contributed by atoms with Crippen LogP contribution in [0.2, 0.25) is 0 Å². The first-order chi connectivity index (χ1) is 19.6. The van der Waals surface area contributed by atoms with Crippen molar-refractivity contribution >= 4 is 6.03 Å². The van der Waals surface area contributed by atoms with Gasteiger partial charge in [0.25, 0.3) is 0 Å². The second kappa shape index (κ2) is 13.4. The van der Waals surface area contributed by atoms with Crippen LogP contribution in [0.5, 0.6) is 0 Å². The fourth-order valence-corrected chi connectivity index (χ4v) is 5.82. The maximum atomic E-state index is 14.4. The molecule has 2 N–H and O–H groups in total. The standard InChI is InChI=1S/C35H38N2O3/c38-25-31-15-7-13-29(19-31)23-36-33(18-17-27-9-3-1-4-10-27)22-34(21-28-11-5-2-6-12-28)37(35(36)40)24-30-14-8-16-32(20-30)26-39/h1-16,19-20,33-34,38-39H,17-18,21-26H2. The summed E-state index contributed by atoms with van der Waals surface area (Å²) in [7, 11) is 0. The van der Waals surface area contributed by atoms with Gasteiger partial charge in [0, 0.05) is 25.2 Å². The van der Waals surface area contributed by atoms with E-state index in [9.17, 15) is 15.0 Å². The number of benzene rings is 4. The van der Waals surface area contributed by atoms with Gasteiger partial charge in [0.1, 0.15) is 0 Å². The molecule has 40 heavy (non-hydrogen) atoms. The number of aliphatic hydroxyl groups is 2. The molecule has 206 valence electrons. The van der Waals surface area contributed by atoms with E-state index in [1.165, 1.54) is 11.1 Å². The minimum absolute atomic E-state index is 0.0221. The summed E-state index contributed by atoms with van der Waals surface area (Å²) in [6, 6.07) is 36.8. The Balaban J connectivity index is 1.47. The first kappa shape index (κ1) is 27.6. The van der Waals surface area contributed by atoms with E-state index in [4.69, 9.17) is 0 Å². The summed E-state index contributed by atoms with van der Waals surface area (Å²) in [6.45, 7) is 0.940. The van der Waals surface area contributed by atoms with Crippen molar-refractivity contribution in [3.05, 3.63) is 143 Å². The van der Waals surface area contributed by atoms with Crippen molar-refractivity contribution in [1.29, 1.82) is 0 Å². The van der Waals surface area contributed by atoms with Crippen molar-refractivity contribution in [1.82, 2.24) is 9.80 Å². The van der Waals surface area contributed by atoms with Gasteiger partial charge >= 0.3 is 6.03 Å². The number of carbonyl (C=O) groups is 1. The van der Waals surface area contributed by atoms with Crippen LogP contribution in [-0.4, -0.2) is 38.1 Å². The maximum absolute atomic E-state index is 14.4. The molecule has 0 radical (unpaired) electrons. The Bertz CT molecular complexity index is 1380. The van der Waals surface area contributed by atoms with Crippen LogP contribution in [0, 0.1) is 0 Å². The Morgan fingerprint density at radius 1 is 0.575 bits per heavy atom. The molecule has 0 saturated carbocycles. The molecule has 4 aromatic rings. The van der Waals surface area contributed by atoms with E-state index in [0.717, 1.165) is 47.9 Å². The molecule has 1 aliphatic rings. The summed E-state index contributed by atoms with van der Waals surface area (Å²) in [4.78, 5) is 18.5. The SMILES string of the molecule is O=C1N(Cc2cccc(CO)c2)C(CCc2ccccc2)CC(Cc2ccccc2)N1Cc1cccc(CO)c1. The van der Waals surface area contributed by atoms with Crippen molar-refractivity contribution in [2.24, 2.45) is 0 Å². The second-order valence-corrected chi connectivity index (χ2v) is 10.8. The van der Waals surface area contributed by atoms with Gasteiger partial charge in [-0.2, -0.15) is 0 Å². The lowest BCUT2D eigenvalue weighted by molar-refractivity contribution is 0.0557. The van der Waals surface area contributed by atoms with Crippen molar-refractivity contribution in [3.63, 3.8) is 0 Å². The van der Waals surface area contributed by atoms with Crippen LogP contribution in [0.1, 0.15) is 46.2 Å². The summed E-state index contributed by atoms with van der Waals surface area (Å²) in [5.41, 5.74) is 6.24. The first-order valence-corrected chi connectivity index (χ1v) is 14.2. The molecule has 5 heteroatoms. The molecule has 0 bridgehead atoms. The van der Waals surface area contributed by atoms with Gasteiger partial charge in [0.05, 0.1) is 13.2 Å². The average Bonchev–Trinajstić information content (AvgIpc) is 3.00. The van der Waals surface area contributed by atoms with Gasteiger partial charge in [0.15, 0.2) is 0 Å². The lowest BCUT2D eigenvalue weighted by Crippen LogP contribution is -2.58. The normalized spacial score (nSPS) is 17.3. The molecule has 1 aliphatic heterocycles. The minimum Gasteiger partial charge on any atom is -0.392 e. The topological polar surface area (TPSA) is 64.0 Å². The molecule has 5 nitrogen and oxygen atoms in total. The predicted octanol–water partition coefficient (Wildman–Crippen LogP) is 6.11. The van der Waals surface area contributed by atoms with Crippen LogP contribution in [0.3, 0.4) is 0 Å². The van der Waals surface area contributed by atoms with Crippen LogP contribution < -0.4 is 0 Å². The average molecular weight is 535 g/mol. The fourth-order valence-electron chi connectivity index (χ4n) is 5.82.